The molecule has 2 aromatic heterocycles. The van der Waals surface area contributed by atoms with Crippen LogP contribution in [-0.2, 0) is 6.54 Å². The number of aromatic nitrogens is 2. The maximum absolute atomic E-state index is 12.4. The lowest BCUT2D eigenvalue weighted by Crippen LogP contribution is -2.22. The van der Waals surface area contributed by atoms with Crippen molar-refractivity contribution >= 4 is 33.3 Å². The van der Waals surface area contributed by atoms with Crippen molar-refractivity contribution in [3.63, 3.8) is 0 Å². The zero-order valence-corrected chi connectivity index (χ0v) is 12.4. The van der Waals surface area contributed by atoms with Crippen LogP contribution in [0.2, 0.25) is 0 Å². The molecule has 98 valence electrons. The molecule has 0 atom stereocenters. The number of fused-ring (bicyclic) bond motifs is 1. The van der Waals surface area contributed by atoms with Crippen molar-refractivity contribution in [1.82, 2.24) is 9.55 Å². The lowest BCUT2D eigenvalue weighted by molar-refractivity contribution is 0.542. The minimum atomic E-state index is 0.127. The Balaban J connectivity index is 2.42. The maximum atomic E-state index is 12.4. The molecule has 5 heteroatoms. The van der Waals surface area contributed by atoms with E-state index < -0.39 is 0 Å². The minimum Gasteiger partial charge on any atom is -0.286 e. The summed E-state index contributed by atoms with van der Waals surface area (Å²) in [6.07, 6.45) is 3.37. The van der Waals surface area contributed by atoms with Crippen LogP contribution >= 0.6 is 23.1 Å². The third-order valence-electron chi connectivity index (χ3n) is 2.79. The Morgan fingerprint density at radius 3 is 2.94 bits per heavy atom. The van der Waals surface area contributed by atoms with Crippen molar-refractivity contribution < 1.29 is 0 Å². The summed E-state index contributed by atoms with van der Waals surface area (Å²) in [5.41, 5.74) is 0.967. The van der Waals surface area contributed by atoms with Gasteiger partial charge in [-0.1, -0.05) is 38.5 Å². The van der Waals surface area contributed by atoms with Gasteiger partial charge in [0.2, 0.25) is 0 Å². The molecule has 0 bridgehead atoms. The third-order valence-corrected chi connectivity index (χ3v) is 4.54. The average Bonchev–Trinajstić information content (AvgIpc) is 2.82. The van der Waals surface area contributed by atoms with E-state index in [-0.39, 0.29) is 5.56 Å². The quantitative estimate of drug-likeness (QED) is 0.460. The number of rotatable bonds is 6. The van der Waals surface area contributed by atoms with Crippen LogP contribution in [-0.4, -0.2) is 15.3 Å². The molecule has 0 aromatic carbocycles. The lowest BCUT2D eigenvalue weighted by atomic mass is 10.2. The molecule has 0 saturated heterocycles. The molecule has 0 aliphatic carbocycles. The number of unbranched alkanes of at least 4 members (excludes halogenated alkanes) is 2. The predicted octanol–water partition coefficient (Wildman–Crippen LogP) is 3.76. The summed E-state index contributed by atoms with van der Waals surface area (Å²) >= 11 is 3.14. The van der Waals surface area contributed by atoms with Crippen LogP contribution in [0.15, 0.2) is 21.4 Å². The van der Waals surface area contributed by atoms with Crippen molar-refractivity contribution in [2.45, 2.75) is 44.8 Å². The molecule has 0 saturated carbocycles. The van der Waals surface area contributed by atoms with Gasteiger partial charge >= 0.3 is 0 Å². The van der Waals surface area contributed by atoms with Crippen molar-refractivity contribution in [2.75, 3.05) is 5.75 Å². The Labute approximate surface area is 115 Å². The zero-order chi connectivity index (χ0) is 13.0. The molecule has 2 heterocycles. The molecule has 0 radical (unpaired) electrons. The van der Waals surface area contributed by atoms with Gasteiger partial charge in [0.1, 0.15) is 4.70 Å². The zero-order valence-electron chi connectivity index (χ0n) is 10.8. The maximum Gasteiger partial charge on any atom is 0.272 e. The van der Waals surface area contributed by atoms with Gasteiger partial charge in [0.05, 0.1) is 5.52 Å². The largest absolute Gasteiger partial charge is 0.286 e. The standard InChI is InChI=1S/C13H18N2OS2/c1-3-5-6-8-15-12(16)11-10(7-9-18-11)14-13(15)17-4-2/h7,9H,3-6,8H2,1-2H3. The Bertz CT molecular complexity index is 574. The van der Waals surface area contributed by atoms with Gasteiger partial charge in [0, 0.05) is 6.54 Å². The molecular formula is C13H18N2OS2. The van der Waals surface area contributed by atoms with E-state index in [0.29, 0.717) is 0 Å². The Morgan fingerprint density at radius 1 is 1.39 bits per heavy atom. The lowest BCUT2D eigenvalue weighted by Gasteiger charge is -2.10. The van der Waals surface area contributed by atoms with Crippen molar-refractivity contribution in [3.05, 3.63) is 21.8 Å². The second-order valence-electron chi connectivity index (χ2n) is 4.13. The summed E-state index contributed by atoms with van der Waals surface area (Å²) in [4.78, 5) is 17.0. The fourth-order valence-electron chi connectivity index (χ4n) is 1.88. The summed E-state index contributed by atoms with van der Waals surface area (Å²) in [6.45, 7) is 5.05. The number of hydrogen-bond acceptors (Lipinski definition) is 4. The molecule has 0 spiro atoms. The summed E-state index contributed by atoms with van der Waals surface area (Å²) in [6, 6.07) is 1.93. The van der Waals surface area contributed by atoms with Gasteiger partial charge in [-0.15, -0.1) is 11.3 Å². The van der Waals surface area contributed by atoms with E-state index in [0.717, 1.165) is 40.5 Å². The normalized spacial score (nSPS) is 11.2. The monoisotopic (exact) mass is 282 g/mol. The van der Waals surface area contributed by atoms with E-state index in [1.807, 2.05) is 16.0 Å². The van der Waals surface area contributed by atoms with Gasteiger partial charge in [0.25, 0.3) is 5.56 Å². The number of hydrogen-bond donors (Lipinski definition) is 0. The molecule has 3 nitrogen and oxygen atoms in total. The summed E-state index contributed by atoms with van der Waals surface area (Å²) < 4.78 is 2.63. The van der Waals surface area contributed by atoms with Gasteiger partial charge in [-0.05, 0) is 23.6 Å². The van der Waals surface area contributed by atoms with Gasteiger partial charge < -0.3 is 0 Å². The number of nitrogens with zero attached hydrogens (tertiary/aromatic N) is 2. The Kier molecular flexibility index (Phi) is 4.83. The van der Waals surface area contributed by atoms with Gasteiger partial charge in [-0.25, -0.2) is 4.98 Å². The summed E-state index contributed by atoms with van der Waals surface area (Å²) in [5, 5.41) is 2.81. The first kappa shape index (κ1) is 13.6. The second kappa shape index (κ2) is 6.38. The van der Waals surface area contributed by atoms with Crippen molar-refractivity contribution in [3.8, 4) is 0 Å². The van der Waals surface area contributed by atoms with Crippen LogP contribution in [0.1, 0.15) is 33.1 Å². The first-order chi connectivity index (χ1) is 8.77. The fraction of sp³-hybridized carbons (Fsp3) is 0.538. The van der Waals surface area contributed by atoms with E-state index in [1.165, 1.54) is 17.8 Å². The SMILES string of the molecule is CCCCCn1c(SCC)nc2ccsc2c1=O. The molecule has 18 heavy (non-hydrogen) atoms. The third kappa shape index (κ3) is 2.78. The van der Waals surface area contributed by atoms with Gasteiger partial charge in [0.15, 0.2) is 5.16 Å². The van der Waals surface area contributed by atoms with Crippen LogP contribution in [0.4, 0.5) is 0 Å². The average molecular weight is 282 g/mol. The summed E-state index contributed by atoms with van der Waals surface area (Å²) in [5.74, 6) is 0.940. The van der Waals surface area contributed by atoms with E-state index in [2.05, 4.69) is 18.8 Å². The van der Waals surface area contributed by atoms with Crippen molar-refractivity contribution in [2.24, 2.45) is 0 Å². The molecule has 0 fully saturated rings. The molecule has 0 amide bonds. The molecular weight excluding hydrogens is 264 g/mol. The predicted molar refractivity (Wildman–Crippen MR) is 79.8 cm³/mol. The van der Waals surface area contributed by atoms with E-state index >= 15 is 0 Å². The van der Waals surface area contributed by atoms with E-state index in [9.17, 15) is 4.79 Å². The van der Waals surface area contributed by atoms with Crippen LogP contribution in [0, 0.1) is 0 Å². The smallest absolute Gasteiger partial charge is 0.272 e. The number of thiophene rings is 1. The molecule has 0 unspecified atom stereocenters. The van der Waals surface area contributed by atoms with Gasteiger partial charge in [-0.2, -0.15) is 0 Å². The van der Waals surface area contributed by atoms with Gasteiger partial charge in [-0.3, -0.25) is 9.36 Å². The van der Waals surface area contributed by atoms with Crippen LogP contribution in [0.3, 0.4) is 0 Å². The van der Waals surface area contributed by atoms with E-state index in [4.69, 9.17) is 0 Å². The second-order valence-corrected chi connectivity index (χ2v) is 6.27. The minimum absolute atomic E-state index is 0.127. The van der Waals surface area contributed by atoms with Crippen LogP contribution < -0.4 is 5.56 Å². The Hall–Kier alpha value is -0.810. The fourth-order valence-corrected chi connectivity index (χ4v) is 3.41. The molecule has 0 N–H and O–H groups in total. The molecule has 0 aliphatic heterocycles. The van der Waals surface area contributed by atoms with E-state index in [1.54, 1.807) is 11.8 Å². The first-order valence-electron chi connectivity index (χ1n) is 6.38. The molecule has 2 aromatic rings. The van der Waals surface area contributed by atoms with Crippen LogP contribution in [0.25, 0.3) is 10.2 Å². The van der Waals surface area contributed by atoms with Crippen LogP contribution in [0.5, 0.6) is 0 Å². The van der Waals surface area contributed by atoms with Crippen molar-refractivity contribution in [1.29, 1.82) is 0 Å². The summed E-state index contributed by atoms with van der Waals surface area (Å²) in [7, 11) is 0. The highest BCUT2D eigenvalue weighted by molar-refractivity contribution is 7.99. The highest BCUT2D eigenvalue weighted by Crippen LogP contribution is 2.20. The topological polar surface area (TPSA) is 34.9 Å². The first-order valence-corrected chi connectivity index (χ1v) is 8.25. The molecule has 2 rings (SSSR count). The highest BCUT2D eigenvalue weighted by atomic mass is 32.2. The highest BCUT2D eigenvalue weighted by Gasteiger charge is 2.11. The number of thioether (sulfide) groups is 1. The molecule has 0 aliphatic rings. The Morgan fingerprint density at radius 2 is 2.22 bits per heavy atom.